The van der Waals surface area contributed by atoms with Gasteiger partial charge in [0.05, 0.1) is 0 Å². The van der Waals surface area contributed by atoms with Gasteiger partial charge in [-0.15, -0.1) is 0 Å². The van der Waals surface area contributed by atoms with Gasteiger partial charge in [0, 0.05) is 12.1 Å². The molecule has 0 saturated heterocycles. The molecule has 4 nitrogen and oxygen atoms in total. The van der Waals surface area contributed by atoms with Crippen LogP contribution >= 0.6 is 0 Å². The molecule has 1 heterocycles. The van der Waals surface area contributed by atoms with E-state index in [0.29, 0.717) is 0 Å². The van der Waals surface area contributed by atoms with Crippen LogP contribution in [0.25, 0.3) is 0 Å². The van der Waals surface area contributed by atoms with Gasteiger partial charge in [-0.25, -0.2) is 0 Å². The number of rotatable bonds is 4. The van der Waals surface area contributed by atoms with Crippen molar-refractivity contribution in [3.8, 4) is 0 Å². The van der Waals surface area contributed by atoms with Gasteiger partial charge in [-0.2, -0.15) is 0 Å². The summed E-state index contributed by atoms with van der Waals surface area (Å²) in [5, 5.41) is 23.2. The molecule has 0 aliphatic carbocycles. The zero-order valence-electron chi connectivity index (χ0n) is 18.9. The highest BCUT2D eigenvalue weighted by Gasteiger charge is 2.09. The first-order chi connectivity index (χ1) is 14.9. The molecule has 1 rings (SSSR count). The molecule has 1 aliphatic heterocycles. The van der Waals surface area contributed by atoms with Gasteiger partial charge < -0.3 is 15.5 Å². The molecule has 0 aromatic carbocycles. The van der Waals surface area contributed by atoms with Gasteiger partial charge >= 0.3 is 0 Å². The van der Waals surface area contributed by atoms with Gasteiger partial charge in [-0.1, -0.05) is 103 Å². The number of hydrogen-bond acceptors (Lipinski definition) is 3. The minimum atomic E-state index is -1.01. The van der Waals surface area contributed by atoms with Crippen molar-refractivity contribution in [1.82, 2.24) is 5.32 Å². The SMILES string of the molecule is CCC/C=C/C[C@@H]1C/C=C/C=C(C)\C=C\C=C\[C@@H](O)[C@@H](O)/C=C(C)/C=C/C=C/C(=O)N1. The van der Waals surface area contributed by atoms with Gasteiger partial charge in [-0.3, -0.25) is 4.79 Å². The maximum absolute atomic E-state index is 12.3. The molecule has 1 amide bonds. The van der Waals surface area contributed by atoms with Crippen LogP contribution in [0.3, 0.4) is 0 Å². The molecule has 4 heteroatoms. The average Bonchev–Trinajstić information content (AvgIpc) is 2.73. The van der Waals surface area contributed by atoms with Crippen molar-refractivity contribution in [3.63, 3.8) is 0 Å². The highest BCUT2D eigenvalue weighted by atomic mass is 16.3. The molecule has 0 bridgehead atoms. The Balaban J connectivity index is 3.01. The van der Waals surface area contributed by atoms with Crippen molar-refractivity contribution in [2.24, 2.45) is 0 Å². The molecule has 168 valence electrons. The summed E-state index contributed by atoms with van der Waals surface area (Å²) < 4.78 is 0. The molecule has 0 spiro atoms. The van der Waals surface area contributed by atoms with Gasteiger partial charge in [0.2, 0.25) is 5.91 Å². The van der Waals surface area contributed by atoms with E-state index in [-0.39, 0.29) is 11.9 Å². The summed E-state index contributed by atoms with van der Waals surface area (Å²) in [6.07, 6.45) is 27.3. The number of carbonyl (C=O) groups excluding carboxylic acids is 1. The molecule has 0 radical (unpaired) electrons. The van der Waals surface area contributed by atoms with Gasteiger partial charge in [0.25, 0.3) is 0 Å². The van der Waals surface area contributed by atoms with E-state index in [2.05, 4.69) is 30.5 Å². The van der Waals surface area contributed by atoms with E-state index in [1.54, 1.807) is 36.5 Å². The van der Waals surface area contributed by atoms with Crippen molar-refractivity contribution < 1.29 is 15.0 Å². The fourth-order valence-corrected chi connectivity index (χ4v) is 2.80. The first kappa shape index (κ1) is 26.3. The van der Waals surface area contributed by atoms with E-state index in [0.717, 1.165) is 36.8 Å². The normalized spacial score (nSPS) is 32.7. The smallest absolute Gasteiger partial charge is 0.244 e. The Bertz CT molecular complexity index is 778. The van der Waals surface area contributed by atoms with Crippen LogP contribution in [0.1, 0.15) is 46.5 Å². The number of amides is 1. The highest BCUT2D eigenvalue weighted by Crippen LogP contribution is 2.06. The second-order valence-electron chi connectivity index (χ2n) is 7.63. The van der Waals surface area contributed by atoms with Gasteiger partial charge in [0.15, 0.2) is 0 Å². The molecule has 0 aromatic heterocycles. The summed E-state index contributed by atoms with van der Waals surface area (Å²) in [4.78, 5) is 12.3. The lowest BCUT2D eigenvalue weighted by Crippen LogP contribution is -2.32. The van der Waals surface area contributed by atoms with E-state index >= 15 is 0 Å². The number of aliphatic hydroxyl groups is 2. The Morgan fingerprint density at radius 2 is 1.68 bits per heavy atom. The summed E-state index contributed by atoms with van der Waals surface area (Å²) >= 11 is 0. The number of nitrogens with one attached hydrogen (secondary N) is 1. The first-order valence-corrected chi connectivity index (χ1v) is 11.0. The van der Waals surface area contributed by atoms with Crippen LogP contribution in [0.2, 0.25) is 0 Å². The van der Waals surface area contributed by atoms with E-state index in [1.807, 2.05) is 38.2 Å². The maximum Gasteiger partial charge on any atom is 0.244 e. The van der Waals surface area contributed by atoms with Crippen LogP contribution in [-0.2, 0) is 4.79 Å². The standard InChI is InChI=1S/C27H37NO3/c1-4-5-6-7-17-24-18-11-8-14-22(2)15-9-12-19-25(29)26(30)21-23(3)16-10-13-20-27(31)28-24/h6-16,19-21,24-26,29-30H,4-5,17-18H2,1-3H3,(H,28,31)/b7-6+,11-8+,15-9+,16-10+,19-12+,20-13+,22-14-,23-21+/t24-,25-,26+/m1/s1. The Morgan fingerprint density at radius 1 is 0.968 bits per heavy atom. The Kier molecular flexibility index (Phi) is 13.6. The van der Waals surface area contributed by atoms with Gasteiger partial charge in [0.1, 0.15) is 12.2 Å². The van der Waals surface area contributed by atoms with Crippen molar-refractivity contribution in [2.75, 3.05) is 0 Å². The summed E-state index contributed by atoms with van der Waals surface area (Å²) in [5.74, 6) is -0.141. The summed E-state index contributed by atoms with van der Waals surface area (Å²) in [6.45, 7) is 5.96. The van der Waals surface area contributed by atoms with E-state index < -0.39 is 12.2 Å². The summed E-state index contributed by atoms with van der Waals surface area (Å²) in [6, 6.07) is 0.0292. The number of hydrogen-bond donors (Lipinski definition) is 3. The van der Waals surface area contributed by atoms with Crippen LogP contribution in [0, 0.1) is 0 Å². The zero-order valence-corrected chi connectivity index (χ0v) is 18.9. The fourth-order valence-electron chi connectivity index (χ4n) is 2.80. The third kappa shape index (κ3) is 13.3. The number of allylic oxidation sites excluding steroid dienone is 11. The second-order valence-corrected chi connectivity index (χ2v) is 7.63. The molecule has 3 atom stereocenters. The molecule has 3 N–H and O–H groups in total. The molecule has 0 aromatic rings. The van der Waals surface area contributed by atoms with E-state index in [4.69, 9.17) is 0 Å². The monoisotopic (exact) mass is 423 g/mol. The number of unbranched alkanes of at least 4 members (excludes halogenated alkanes) is 1. The molecule has 0 saturated carbocycles. The zero-order chi connectivity index (χ0) is 22.9. The maximum atomic E-state index is 12.3. The molecule has 31 heavy (non-hydrogen) atoms. The highest BCUT2D eigenvalue weighted by molar-refractivity contribution is 5.88. The van der Waals surface area contributed by atoms with Crippen molar-refractivity contribution in [3.05, 3.63) is 96.2 Å². The fraction of sp³-hybridized carbons (Fsp3) is 0.370. The molecular weight excluding hydrogens is 386 g/mol. The summed E-state index contributed by atoms with van der Waals surface area (Å²) in [5.41, 5.74) is 1.84. The largest absolute Gasteiger partial charge is 0.386 e. The van der Waals surface area contributed by atoms with Crippen LogP contribution in [0.5, 0.6) is 0 Å². The number of carbonyl (C=O) groups is 1. The van der Waals surface area contributed by atoms with Crippen LogP contribution in [0.15, 0.2) is 96.2 Å². The Morgan fingerprint density at radius 3 is 2.45 bits per heavy atom. The predicted octanol–water partition coefficient (Wildman–Crippen LogP) is 5.02. The first-order valence-electron chi connectivity index (χ1n) is 11.0. The van der Waals surface area contributed by atoms with E-state index in [1.165, 1.54) is 6.08 Å². The molecular formula is C27H37NO3. The third-order valence-corrected chi connectivity index (χ3v) is 4.58. The van der Waals surface area contributed by atoms with E-state index in [9.17, 15) is 15.0 Å². The van der Waals surface area contributed by atoms with Crippen LogP contribution < -0.4 is 5.32 Å². The number of aliphatic hydroxyl groups excluding tert-OH is 2. The summed E-state index contributed by atoms with van der Waals surface area (Å²) in [7, 11) is 0. The average molecular weight is 424 g/mol. The molecule has 0 fully saturated rings. The van der Waals surface area contributed by atoms with Crippen LogP contribution in [-0.4, -0.2) is 34.4 Å². The van der Waals surface area contributed by atoms with Crippen molar-refractivity contribution >= 4 is 5.91 Å². The Labute approximate surface area is 187 Å². The van der Waals surface area contributed by atoms with Crippen LogP contribution in [0.4, 0.5) is 0 Å². The molecule has 0 unspecified atom stereocenters. The molecule has 1 aliphatic rings. The predicted molar refractivity (Wildman–Crippen MR) is 130 cm³/mol. The topological polar surface area (TPSA) is 69.6 Å². The van der Waals surface area contributed by atoms with Crippen molar-refractivity contribution in [2.45, 2.75) is 64.7 Å². The minimum Gasteiger partial charge on any atom is -0.386 e. The quantitative estimate of drug-likeness (QED) is 0.556. The van der Waals surface area contributed by atoms with Crippen molar-refractivity contribution in [1.29, 1.82) is 0 Å². The lowest BCUT2D eigenvalue weighted by atomic mass is 10.1. The lowest BCUT2D eigenvalue weighted by molar-refractivity contribution is -0.117. The second kappa shape index (κ2) is 16.1. The third-order valence-electron chi connectivity index (χ3n) is 4.58. The lowest BCUT2D eigenvalue weighted by Gasteiger charge is -2.14. The van der Waals surface area contributed by atoms with Gasteiger partial charge in [-0.05, 0) is 33.1 Å². The Hall–Kier alpha value is -2.69. The minimum absolute atomic E-state index is 0.0292.